The number of carbonyl (C=O) groups excluding carboxylic acids is 1. The Hall–Kier alpha value is -3.49. The van der Waals surface area contributed by atoms with Crippen LogP contribution in [0.1, 0.15) is 28.1 Å². The number of ether oxygens (including phenoxy) is 1. The fourth-order valence-electron chi connectivity index (χ4n) is 3.18. The van der Waals surface area contributed by atoms with Gasteiger partial charge in [0.15, 0.2) is 6.61 Å². The molecule has 0 saturated heterocycles. The van der Waals surface area contributed by atoms with E-state index >= 15 is 0 Å². The summed E-state index contributed by atoms with van der Waals surface area (Å²) in [5, 5.41) is 10.1. The molecule has 0 aliphatic rings. The number of alkyl halides is 3. The molecule has 170 valence electrons. The van der Waals surface area contributed by atoms with Crippen LogP contribution in [0.5, 0.6) is 5.75 Å². The number of halogens is 3. The molecule has 9 heteroatoms. The summed E-state index contributed by atoms with van der Waals surface area (Å²) in [4.78, 5) is 12.2. The Balaban J connectivity index is 1.48. The van der Waals surface area contributed by atoms with Gasteiger partial charge in [-0.1, -0.05) is 42.5 Å². The van der Waals surface area contributed by atoms with Gasteiger partial charge in [-0.3, -0.25) is 4.68 Å². The van der Waals surface area contributed by atoms with Crippen LogP contribution in [0.2, 0.25) is 0 Å². The third-order valence-corrected chi connectivity index (χ3v) is 4.91. The molecule has 0 aliphatic carbocycles. The monoisotopic (exact) mass is 446 g/mol. The highest BCUT2D eigenvalue weighted by molar-refractivity contribution is 5.73. The Bertz CT molecular complexity index is 1030. The normalized spacial score (nSPS) is 11.3. The quantitative estimate of drug-likeness (QED) is 0.536. The van der Waals surface area contributed by atoms with Gasteiger partial charge in [-0.25, -0.2) is 4.79 Å². The standard InChI is InChI=1S/C23H25F3N4O2/c1-16-21(17(2)30(29-16)14-19-6-4-3-5-7-19)13-28-22(31)27-12-18-8-10-20(11-9-18)32-15-23(24,25)26/h3-11H,12-15H2,1-2H3,(H2,27,28,31). The molecule has 3 aromatic rings. The molecule has 0 saturated carbocycles. The van der Waals surface area contributed by atoms with Crippen LogP contribution in [0.15, 0.2) is 54.6 Å². The molecule has 6 nitrogen and oxygen atoms in total. The van der Waals surface area contributed by atoms with Gasteiger partial charge in [-0.2, -0.15) is 18.3 Å². The molecule has 0 spiro atoms. The van der Waals surface area contributed by atoms with Gasteiger partial charge in [0.05, 0.1) is 12.2 Å². The number of benzene rings is 2. The fourth-order valence-corrected chi connectivity index (χ4v) is 3.18. The van der Waals surface area contributed by atoms with Crippen molar-refractivity contribution in [3.8, 4) is 5.75 Å². The van der Waals surface area contributed by atoms with Crippen molar-refractivity contribution in [2.45, 2.75) is 39.7 Å². The van der Waals surface area contributed by atoms with Crippen molar-refractivity contribution >= 4 is 6.03 Å². The molecular formula is C23H25F3N4O2. The second kappa shape index (κ2) is 10.2. The van der Waals surface area contributed by atoms with Gasteiger partial charge in [0.1, 0.15) is 5.75 Å². The van der Waals surface area contributed by atoms with E-state index in [-0.39, 0.29) is 18.3 Å². The van der Waals surface area contributed by atoms with Gasteiger partial charge in [0.2, 0.25) is 0 Å². The number of aromatic nitrogens is 2. The maximum absolute atomic E-state index is 12.2. The highest BCUT2D eigenvalue weighted by Gasteiger charge is 2.28. The van der Waals surface area contributed by atoms with Crippen molar-refractivity contribution in [3.05, 3.63) is 82.7 Å². The number of urea groups is 1. The summed E-state index contributed by atoms with van der Waals surface area (Å²) in [7, 11) is 0. The second-order valence-electron chi connectivity index (χ2n) is 7.38. The van der Waals surface area contributed by atoms with Crippen molar-refractivity contribution in [2.24, 2.45) is 0 Å². The Morgan fingerprint density at radius 1 is 0.969 bits per heavy atom. The van der Waals surface area contributed by atoms with Gasteiger partial charge in [-0.05, 0) is 37.1 Å². The summed E-state index contributed by atoms with van der Waals surface area (Å²) in [5.74, 6) is 0.119. The third kappa shape index (κ3) is 6.76. The summed E-state index contributed by atoms with van der Waals surface area (Å²) in [5.41, 5.74) is 4.68. The largest absolute Gasteiger partial charge is 0.484 e. The number of hydrogen-bond donors (Lipinski definition) is 2. The van der Waals surface area contributed by atoms with Crippen LogP contribution in [-0.2, 0) is 19.6 Å². The van der Waals surface area contributed by atoms with Crippen LogP contribution in [0.25, 0.3) is 0 Å². The Morgan fingerprint density at radius 2 is 1.62 bits per heavy atom. The highest BCUT2D eigenvalue weighted by Crippen LogP contribution is 2.19. The maximum Gasteiger partial charge on any atom is 0.422 e. The molecule has 0 aliphatic heterocycles. The van der Waals surface area contributed by atoms with Crippen LogP contribution >= 0.6 is 0 Å². The van der Waals surface area contributed by atoms with Crippen LogP contribution in [0.4, 0.5) is 18.0 Å². The molecule has 2 aromatic carbocycles. The van der Waals surface area contributed by atoms with Gasteiger partial charge in [-0.15, -0.1) is 0 Å². The number of rotatable bonds is 8. The molecule has 2 N–H and O–H groups in total. The summed E-state index contributed by atoms with van der Waals surface area (Å²) < 4.78 is 43.2. The van der Waals surface area contributed by atoms with Gasteiger partial charge >= 0.3 is 12.2 Å². The van der Waals surface area contributed by atoms with Crippen molar-refractivity contribution in [1.82, 2.24) is 20.4 Å². The first kappa shape index (κ1) is 23.2. The smallest absolute Gasteiger partial charge is 0.422 e. The van der Waals surface area contributed by atoms with E-state index in [0.717, 1.165) is 28.1 Å². The van der Waals surface area contributed by atoms with E-state index in [1.165, 1.54) is 12.1 Å². The van der Waals surface area contributed by atoms with Crippen LogP contribution in [0, 0.1) is 13.8 Å². The molecule has 0 atom stereocenters. The first-order chi connectivity index (χ1) is 15.2. The number of amides is 2. The van der Waals surface area contributed by atoms with Crippen molar-refractivity contribution in [1.29, 1.82) is 0 Å². The second-order valence-corrected chi connectivity index (χ2v) is 7.38. The van der Waals surface area contributed by atoms with Crippen molar-refractivity contribution in [2.75, 3.05) is 6.61 Å². The maximum atomic E-state index is 12.2. The molecule has 0 unspecified atom stereocenters. The Morgan fingerprint density at radius 3 is 2.28 bits per heavy atom. The summed E-state index contributed by atoms with van der Waals surface area (Å²) >= 11 is 0. The SMILES string of the molecule is Cc1nn(Cc2ccccc2)c(C)c1CNC(=O)NCc1ccc(OCC(F)(F)F)cc1. The first-order valence-electron chi connectivity index (χ1n) is 10.1. The zero-order chi connectivity index (χ0) is 23.1. The molecule has 0 fully saturated rings. The van der Waals surface area contributed by atoms with E-state index in [1.54, 1.807) is 12.1 Å². The summed E-state index contributed by atoms with van der Waals surface area (Å²) in [6, 6.07) is 15.7. The number of aryl methyl sites for hydroxylation is 1. The summed E-state index contributed by atoms with van der Waals surface area (Å²) in [6.07, 6.45) is -4.38. The fraction of sp³-hybridized carbons (Fsp3) is 0.304. The lowest BCUT2D eigenvalue weighted by Gasteiger charge is -2.11. The Kier molecular flexibility index (Phi) is 7.40. The van der Waals surface area contributed by atoms with E-state index in [0.29, 0.717) is 13.1 Å². The molecule has 0 radical (unpaired) electrons. The average molecular weight is 446 g/mol. The average Bonchev–Trinajstić information content (AvgIpc) is 3.02. The van der Waals surface area contributed by atoms with E-state index in [4.69, 9.17) is 0 Å². The predicted molar refractivity (Wildman–Crippen MR) is 114 cm³/mol. The minimum atomic E-state index is -4.38. The third-order valence-electron chi connectivity index (χ3n) is 4.91. The predicted octanol–water partition coefficient (Wildman–Crippen LogP) is 4.49. The van der Waals surface area contributed by atoms with Crippen LogP contribution in [0.3, 0.4) is 0 Å². The summed E-state index contributed by atoms with van der Waals surface area (Å²) in [6.45, 7) is 3.77. The molecule has 3 rings (SSSR count). The molecule has 2 amide bonds. The number of carbonyl (C=O) groups is 1. The minimum absolute atomic E-state index is 0.119. The zero-order valence-corrected chi connectivity index (χ0v) is 17.9. The van der Waals surface area contributed by atoms with E-state index in [9.17, 15) is 18.0 Å². The Labute approximate surface area is 184 Å². The van der Waals surface area contributed by atoms with Gasteiger partial charge in [0, 0.05) is 24.3 Å². The van der Waals surface area contributed by atoms with E-state index in [1.807, 2.05) is 48.9 Å². The minimum Gasteiger partial charge on any atom is -0.484 e. The first-order valence-corrected chi connectivity index (χ1v) is 10.1. The van der Waals surface area contributed by atoms with E-state index in [2.05, 4.69) is 20.5 Å². The van der Waals surface area contributed by atoms with Gasteiger partial charge < -0.3 is 15.4 Å². The van der Waals surface area contributed by atoms with E-state index < -0.39 is 12.8 Å². The zero-order valence-electron chi connectivity index (χ0n) is 17.9. The topological polar surface area (TPSA) is 68.2 Å². The lowest BCUT2D eigenvalue weighted by Crippen LogP contribution is -2.34. The highest BCUT2D eigenvalue weighted by atomic mass is 19.4. The van der Waals surface area contributed by atoms with Crippen LogP contribution < -0.4 is 15.4 Å². The lowest BCUT2D eigenvalue weighted by atomic mass is 10.2. The molecule has 32 heavy (non-hydrogen) atoms. The van der Waals surface area contributed by atoms with Crippen LogP contribution in [-0.4, -0.2) is 28.6 Å². The van der Waals surface area contributed by atoms with Gasteiger partial charge in [0.25, 0.3) is 0 Å². The van der Waals surface area contributed by atoms with Crippen molar-refractivity contribution in [3.63, 3.8) is 0 Å². The lowest BCUT2D eigenvalue weighted by molar-refractivity contribution is -0.153. The molecule has 1 aromatic heterocycles. The molecule has 0 bridgehead atoms. The number of nitrogens with one attached hydrogen (secondary N) is 2. The number of nitrogens with zero attached hydrogens (tertiary/aromatic N) is 2. The molecule has 1 heterocycles. The van der Waals surface area contributed by atoms with Crippen molar-refractivity contribution < 1.29 is 22.7 Å². The number of hydrogen-bond acceptors (Lipinski definition) is 3. The molecular weight excluding hydrogens is 421 g/mol.